The molecule has 146 valence electrons. The minimum atomic E-state index is -0.405. The van der Waals surface area contributed by atoms with E-state index in [9.17, 15) is 9.59 Å². The summed E-state index contributed by atoms with van der Waals surface area (Å²) in [7, 11) is 0. The maximum Gasteiger partial charge on any atom is 0.235 e. The third-order valence-electron chi connectivity index (χ3n) is 5.77. The van der Waals surface area contributed by atoms with E-state index in [0.29, 0.717) is 19.4 Å². The van der Waals surface area contributed by atoms with Gasteiger partial charge in [-0.25, -0.2) is 0 Å². The molecule has 0 unspecified atom stereocenters. The minimum absolute atomic E-state index is 0.0356. The van der Waals surface area contributed by atoms with Crippen molar-refractivity contribution < 1.29 is 14.3 Å². The number of hydrogen-bond acceptors (Lipinski definition) is 3. The van der Waals surface area contributed by atoms with Gasteiger partial charge in [0.1, 0.15) is 5.75 Å². The van der Waals surface area contributed by atoms with Crippen molar-refractivity contribution in [1.29, 1.82) is 0 Å². The molecule has 0 bridgehead atoms. The zero-order valence-corrected chi connectivity index (χ0v) is 16.0. The summed E-state index contributed by atoms with van der Waals surface area (Å²) in [6, 6.07) is 15.4. The smallest absolute Gasteiger partial charge is 0.235 e. The van der Waals surface area contributed by atoms with Crippen LogP contribution in [0.3, 0.4) is 0 Å². The molecule has 0 atom stereocenters. The van der Waals surface area contributed by atoms with Crippen LogP contribution in [0.5, 0.6) is 5.75 Å². The predicted molar refractivity (Wildman–Crippen MR) is 110 cm³/mol. The van der Waals surface area contributed by atoms with Crippen LogP contribution in [-0.2, 0) is 15.0 Å². The third-order valence-corrected chi connectivity index (χ3v) is 5.77. The van der Waals surface area contributed by atoms with Gasteiger partial charge in [0, 0.05) is 17.8 Å². The maximum absolute atomic E-state index is 12.6. The minimum Gasteiger partial charge on any atom is -0.494 e. The molecule has 28 heavy (non-hydrogen) atoms. The normalized spacial score (nSPS) is 17.1. The lowest BCUT2D eigenvalue weighted by Gasteiger charge is -2.31. The Morgan fingerprint density at radius 1 is 1.07 bits per heavy atom. The fourth-order valence-corrected chi connectivity index (χ4v) is 4.31. The monoisotopic (exact) mass is 378 g/mol. The van der Waals surface area contributed by atoms with Gasteiger partial charge in [-0.05, 0) is 55.2 Å². The highest BCUT2D eigenvalue weighted by molar-refractivity contribution is 6.07. The highest BCUT2D eigenvalue weighted by Crippen LogP contribution is 2.48. The Kier molecular flexibility index (Phi) is 5.33. The second-order valence-electron chi connectivity index (χ2n) is 7.67. The van der Waals surface area contributed by atoms with E-state index in [1.54, 1.807) is 0 Å². The molecule has 5 heteroatoms. The quantitative estimate of drug-likeness (QED) is 0.720. The second-order valence-corrected chi connectivity index (χ2v) is 7.67. The van der Waals surface area contributed by atoms with Crippen molar-refractivity contribution in [3.05, 3.63) is 54.1 Å². The summed E-state index contributed by atoms with van der Waals surface area (Å²) in [5, 5.41) is 6.00. The summed E-state index contributed by atoms with van der Waals surface area (Å²) in [6.07, 6.45) is 6.16. The molecule has 0 aromatic heterocycles. The average Bonchev–Trinajstić information content (AvgIpc) is 2.98. The number of para-hydroxylation sites is 1. The number of ether oxygens (including phenoxy) is 1. The van der Waals surface area contributed by atoms with Crippen LogP contribution in [-0.4, -0.2) is 18.4 Å². The van der Waals surface area contributed by atoms with Crippen molar-refractivity contribution in [2.24, 2.45) is 0 Å². The van der Waals surface area contributed by atoms with Crippen LogP contribution in [0.15, 0.2) is 48.5 Å². The van der Waals surface area contributed by atoms with E-state index < -0.39 is 5.41 Å². The zero-order chi connectivity index (χ0) is 19.4. The molecule has 0 saturated heterocycles. The number of hydrogen-bond donors (Lipinski definition) is 2. The van der Waals surface area contributed by atoms with Crippen LogP contribution in [0.4, 0.5) is 11.4 Å². The molecule has 2 aromatic carbocycles. The van der Waals surface area contributed by atoms with Crippen molar-refractivity contribution >= 4 is 23.2 Å². The van der Waals surface area contributed by atoms with E-state index >= 15 is 0 Å². The molecule has 0 radical (unpaired) electrons. The van der Waals surface area contributed by atoms with E-state index in [0.717, 1.165) is 48.4 Å². The lowest BCUT2D eigenvalue weighted by Crippen LogP contribution is -2.36. The largest absolute Gasteiger partial charge is 0.494 e. The Bertz CT molecular complexity index is 857. The molecule has 2 aromatic rings. The first-order valence-corrected chi connectivity index (χ1v) is 10.1. The first-order chi connectivity index (χ1) is 13.7. The number of carbonyl (C=O) groups is 2. The summed E-state index contributed by atoms with van der Waals surface area (Å²) in [5.74, 6) is 0.895. The lowest BCUT2D eigenvalue weighted by molar-refractivity contribution is -0.122. The van der Waals surface area contributed by atoms with Gasteiger partial charge in [-0.1, -0.05) is 37.5 Å². The standard InChI is InChI=1S/C23H26N2O3/c26-21(10-7-15-28-18-8-3-1-4-9-18)24-17-11-12-20-19(16-17)23(22(27)25-20)13-5-2-6-14-23/h1,3-4,8-9,11-12,16H,2,5-7,10,13-15H2,(H,24,26)(H,25,27). The van der Waals surface area contributed by atoms with Crippen molar-refractivity contribution in [1.82, 2.24) is 0 Å². The molecule has 2 amide bonds. The highest BCUT2D eigenvalue weighted by atomic mass is 16.5. The Hall–Kier alpha value is -2.82. The topological polar surface area (TPSA) is 67.4 Å². The molecule has 1 spiro atoms. The summed E-state index contributed by atoms with van der Waals surface area (Å²) >= 11 is 0. The summed E-state index contributed by atoms with van der Waals surface area (Å²) < 4.78 is 5.63. The molecule has 5 nitrogen and oxygen atoms in total. The Morgan fingerprint density at radius 3 is 2.64 bits per heavy atom. The highest BCUT2D eigenvalue weighted by Gasteiger charge is 2.47. The van der Waals surface area contributed by atoms with E-state index in [-0.39, 0.29) is 11.8 Å². The number of amides is 2. The Labute approximate surface area is 165 Å². The van der Waals surface area contributed by atoms with Gasteiger partial charge in [-0.3, -0.25) is 9.59 Å². The van der Waals surface area contributed by atoms with Crippen LogP contribution in [0.2, 0.25) is 0 Å². The first-order valence-electron chi connectivity index (χ1n) is 10.1. The number of fused-ring (bicyclic) bond motifs is 2. The molecule has 1 aliphatic heterocycles. The molecule has 2 N–H and O–H groups in total. The van der Waals surface area contributed by atoms with Gasteiger partial charge in [0.2, 0.25) is 11.8 Å². The van der Waals surface area contributed by atoms with Crippen LogP contribution >= 0.6 is 0 Å². The van der Waals surface area contributed by atoms with Crippen molar-refractivity contribution in [3.63, 3.8) is 0 Å². The number of nitrogens with one attached hydrogen (secondary N) is 2. The van der Waals surface area contributed by atoms with E-state index in [1.165, 1.54) is 6.42 Å². The molecule has 4 rings (SSSR count). The molecule has 1 saturated carbocycles. The fourth-order valence-electron chi connectivity index (χ4n) is 4.31. The van der Waals surface area contributed by atoms with Gasteiger partial charge in [-0.2, -0.15) is 0 Å². The maximum atomic E-state index is 12.6. The fraction of sp³-hybridized carbons (Fsp3) is 0.391. The summed E-state index contributed by atoms with van der Waals surface area (Å²) in [4.78, 5) is 24.9. The van der Waals surface area contributed by atoms with Crippen LogP contribution < -0.4 is 15.4 Å². The third kappa shape index (κ3) is 3.75. The molecule has 1 aliphatic carbocycles. The predicted octanol–water partition coefficient (Wildman–Crippen LogP) is 4.64. The molecular formula is C23H26N2O3. The Morgan fingerprint density at radius 2 is 1.86 bits per heavy atom. The van der Waals surface area contributed by atoms with Crippen LogP contribution in [0.25, 0.3) is 0 Å². The van der Waals surface area contributed by atoms with Gasteiger partial charge in [0.15, 0.2) is 0 Å². The Balaban J connectivity index is 1.34. The van der Waals surface area contributed by atoms with Crippen molar-refractivity contribution in [2.75, 3.05) is 17.2 Å². The second kappa shape index (κ2) is 8.05. The summed E-state index contributed by atoms with van der Waals surface area (Å²) in [5.41, 5.74) is 2.29. The SMILES string of the molecule is O=C(CCCOc1ccccc1)Nc1ccc2c(c1)C1(CCCCC1)C(=O)N2. The molecule has 1 fully saturated rings. The molecule has 2 aliphatic rings. The average molecular weight is 378 g/mol. The zero-order valence-electron chi connectivity index (χ0n) is 16.0. The van der Waals surface area contributed by atoms with Gasteiger partial charge in [-0.15, -0.1) is 0 Å². The van der Waals surface area contributed by atoms with E-state index in [1.807, 2.05) is 48.5 Å². The first kappa shape index (κ1) is 18.5. The van der Waals surface area contributed by atoms with Crippen molar-refractivity contribution in [2.45, 2.75) is 50.4 Å². The van der Waals surface area contributed by atoms with Gasteiger partial charge >= 0.3 is 0 Å². The van der Waals surface area contributed by atoms with E-state index in [2.05, 4.69) is 10.6 Å². The summed E-state index contributed by atoms with van der Waals surface area (Å²) in [6.45, 7) is 0.503. The van der Waals surface area contributed by atoms with Crippen molar-refractivity contribution in [3.8, 4) is 5.75 Å². The molecule has 1 heterocycles. The van der Waals surface area contributed by atoms with Crippen LogP contribution in [0.1, 0.15) is 50.5 Å². The number of carbonyl (C=O) groups excluding carboxylic acids is 2. The number of rotatable bonds is 6. The van der Waals surface area contributed by atoms with Gasteiger partial charge in [0.05, 0.1) is 12.0 Å². The van der Waals surface area contributed by atoms with Gasteiger partial charge < -0.3 is 15.4 Å². The lowest BCUT2D eigenvalue weighted by atomic mass is 9.70. The van der Waals surface area contributed by atoms with E-state index in [4.69, 9.17) is 4.74 Å². The molecular weight excluding hydrogens is 352 g/mol. The number of benzene rings is 2. The van der Waals surface area contributed by atoms with Gasteiger partial charge in [0.25, 0.3) is 0 Å². The number of anilines is 2. The van der Waals surface area contributed by atoms with Crippen LogP contribution in [0, 0.1) is 0 Å².